The van der Waals surface area contributed by atoms with Gasteiger partial charge in [0.05, 0.1) is 23.1 Å². The lowest BCUT2D eigenvalue weighted by atomic mass is 10.2. The monoisotopic (exact) mass is 351 g/mol. The lowest BCUT2D eigenvalue weighted by Gasteiger charge is -2.24. The first-order valence-corrected chi connectivity index (χ1v) is 8.83. The third-order valence-electron chi connectivity index (χ3n) is 4.24. The number of carboxylic acids is 1. The van der Waals surface area contributed by atoms with Crippen LogP contribution in [0.15, 0.2) is 6.07 Å². The Morgan fingerprint density at radius 1 is 1.54 bits per heavy atom. The number of hydrogen-bond acceptors (Lipinski definition) is 5. The number of carbonyl (C=O) groups excluding carboxylic acids is 1. The number of carboxylic acid groups (broad SMARTS) is 1. The van der Waals surface area contributed by atoms with Crippen molar-refractivity contribution >= 4 is 33.4 Å². The highest BCUT2D eigenvalue weighted by Gasteiger charge is 2.25. The van der Waals surface area contributed by atoms with Crippen molar-refractivity contribution in [2.45, 2.75) is 32.3 Å². The molecule has 0 saturated carbocycles. The lowest BCUT2D eigenvalue weighted by molar-refractivity contribution is -0.137. The molecule has 2 aromatic heterocycles. The molecule has 1 atom stereocenters. The first-order chi connectivity index (χ1) is 11.5. The fraction of sp³-hybridized carbons (Fsp3) is 0.562. The van der Waals surface area contributed by atoms with Crippen molar-refractivity contribution in [2.24, 2.45) is 7.05 Å². The number of amides is 1. The van der Waals surface area contributed by atoms with E-state index < -0.39 is 5.97 Å². The molecular formula is C16H21N3O4S. The Labute approximate surface area is 143 Å². The molecule has 1 unspecified atom stereocenters. The maximum absolute atomic E-state index is 12.9. The summed E-state index contributed by atoms with van der Waals surface area (Å²) in [5.41, 5.74) is 0.888. The predicted octanol–water partition coefficient (Wildman–Crippen LogP) is 2.04. The van der Waals surface area contributed by atoms with E-state index in [4.69, 9.17) is 9.84 Å². The number of fused-ring (bicyclic) bond motifs is 1. The molecule has 0 aromatic carbocycles. The summed E-state index contributed by atoms with van der Waals surface area (Å²) in [6, 6.07) is 1.86. The van der Waals surface area contributed by atoms with Gasteiger partial charge in [-0.1, -0.05) is 0 Å². The van der Waals surface area contributed by atoms with Crippen LogP contribution in [0.25, 0.3) is 10.2 Å². The van der Waals surface area contributed by atoms with Gasteiger partial charge in [-0.25, -0.2) is 0 Å². The molecule has 7 nitrogen and oxygen atoms in total. The van der Waals surface area contributed by atoms with Crippen LogP contribution in [0.3, 0.4) is 0 Å². The minimum Gasteiger partial charge on any atom is -0.481 e. The molecule has 3 rings (SSSR count). The van der Waals surface area contributed by atoms with Crippen LogP contribution in [-0.4, -0.2) is 57.5 Å². The minimum atomic E-state index is -0.906. The molecule has 3 heterocycles. The molecule has 0 spiro atoms. The van der Waals surface area contributed by atoms with Crippen molar-refractivity contribution in [3.05, 3.63) is 16.6 Å². The molecule has 24 heavy (non-hydrogen) atoms. The summed E-state index contributed by atoms with van der Waals surface area (Å²) in [4.78, 5) is 27.0. The molecule has 1 aliphatic heterocycles. The lowest BCUT2D eigenvalue weighted by Crippen LogP contribution is -2.38. The van der Waals surface area contributed by atoms with Gasteiger partial charge in [-0.2, -0.15) is 5.10 Å². The summed E-state index contributed by atoms with van der Waals surface area (Å²) in [6.07, 6.45) is 1.83. The molecule has 1 amide bonds. The third-order valence-corrected chi connectivity index (χ3v) is 5.43. The van der Waals surface area contributed by atoms with E-state index in [1.807, 2.05) is 20.0 Å². The Kier molecular flexibility index (Phi) is 4.86. The average molecular weight is 351 g/mol. The van der Waals surface area contributed by atoms with Crippen molar-refractivity contribution in [2.75, 3.05) is 19.7 Å². The van der Waals surface area contributed by atoms with Gasteiger partial charge >= 0.3 is 5.97 Å². The fourth-order valence-electron chi connectivity index (χ4n) is 3.01. The van der Waals surface area contributed by atoms with E-state index >= 15 is 0 Å². The molecule has 2 aromatic rings. The third kappa shape index (κ3) is 3.44. The first kappa shape index (κ1) is 16.9. The van der Waals surface area contributed by atoms with Crippen molar-refractivity contribution in [3.8, 4) is 0 Å². The number of aryl methyl sites for hydroxylation is 2. The van der Waals surface area contributed by atoms with E-state index in [1.165, 1.54) is 11.3 Å². The standard InChI is InChI=1S/C16H21N3O4S/c1-10-12-8-13(24-16(12)18(2)17-10)15(22)19(6-5-14(20)21)9-11-4-3-7-23-11/h8,11H,3-7,9H2,1-2H3,(H,20,21). The van der Waals surface area contributed by atoms with Gasteiger partial charge < -0.3 is 14.7 Å². The zero-order valence-electron chi connectivity index (χ0n) is 13.8. The molecule has 1 N–H and O–H groups in total. The zero-order chi connectivity index (χ0) is 17.3. The summed E-state index contributed by atoms with van der Waals surface area (Å²) in [6.45, 7) is 3.26. The summed E-state index contributed by atoms with van der Waals surface area (Å²) in [5.74, 6) is -1.04. The van der Waals surface area contributed by atoms with E-state index in [1.54, 1.807) is 9.58 Å². The number of nitrogens with zero attached hydrogens (tertiary/aromatic N) is 3. The quantitative estimate of drug-likeness (QED) is 0.861. The molecule has 1 fully saturated rings. The second kappa shape index (κ2) is 6.90. The van der Waals surface area contributed by atoms with Gasteiger partial charge in [0.15, 0.2) is 0 Å². The summed E-state index contributed by atoms with van der Waals surface area (Å²) < 4.78 is 7.38. The number of aliphatic carboxylic acids is 1. The molecule has 1 aliphatic rings. The van der Waals surface area contributed by atoms with Gasteiger partial charge in [0.25, 0.3) is 5.91 Å². The van der Waals surface area contributed by atoms with Crippen LogP contribution in [-0.2, 0) is 16.6 Å². The van der Waals surface area contributed by atoms with Crippen molar-refractivity contribution in [3.63, 3.8) is 0 Å². The fourth-order valence-corrected chi connectivity index (χ4v) is 4.10. The summed E-state index contributed by atoms with van der Waals surface area (Å²) in [5, 5.41) is 14.3. The van der Waals surface area contributed by atoms with E-state index in [0.29, 0.717) is 18.0 Å². The van der Waals surface area contributed by atoms with E-state index in [2.05, 4.69) is 5.10 Å². The summed E-state index contributed by atoms with van der Waals surface area (Å²) >= 11 is 1.39. The highest BCUT2D eigenvalue weighted by molar-refractivity contribution is 7.20. The highest BCUT2D eigenvalue weighted by atomic mass is 32.1. The van der Waals surface area contributed by atoms with Gasteiger partial charge in [0.2, 0.25) is 0 Å². The molecule has 0 radical (unpaired) electrons. The van der Waals surface area contributed by atoms with Gasteiger partial charge in [-0.3, -0.25) is 14.3 Å². The Balaban J connectivity index is 1.81. The van der Waals surface area contributed by atoms with Crippen LogP contribution in [0.5, 0.6) is 0 Å². The molecule has 1 saturated heterocycles. The van der Waals surface area contributed by atoms with Crippen molar-refractivity contribution in [1.29, 1.82) is 0 Å². The van der Waals surface area contributed by atoms with Gasteiger partial charge in [-0.05, 0) is 25.8 Å². The Hall–Kier alpha value is -1.93. The zero-order valence-corrected chi connectivity index (χ0v) is 14.6. The van der Waals surface area contributed by atoms with Crippen LogP contribution >= 0.6 is 11.3 Å². The maximum Gasteiger partial charge on any atom is 0.305 e. The Morgan fingerprint density at radius 3 is 2.96 bits per heavy atom. The first-order valence-electron chi connectivity index (χ1n) is 8.01. The number of hydrogen-bond donors (Lipinski definition) is 1. The second-order valence-corrected chi connectivity index (χ2v) is 7.10. The van der Waals surface area contributed by atoms with E-state index in [9.17, 15) is 9.59 Å². The number of carbonyl (C=O) groups is 2. The van der Waals surface area contributed by atoms with Crippen LogP contribution in [0.1, 0.15) is 34.6 Å². The average Bonchev–Trinajstić information content (AvgIpc) is 3.23. The molecular weight excluding hydrogens is 330 g/mol. The van der Waals surface area contributed by atoms with Crippen LogP contribution < -0.4 is 0 Å². The smallest absolute Gasteiger partial charge is 0.305 e. The van der Waals surface area contributed by atoms with Crippen molar-refractivity contribution in [1.82, 2.24) is 14.7 Å². The van der Waals surface area contributed by atoms with Crippen molar-refractivity contribution < 1.29 is 19.4 Å². The van der Waals surface area contributed by atoms with Crippen LogP contribution in [0, 0.1) is 6.92 Å². The Morgan fingerprint density at radius 2 is 2.33 bits per heavy atom. The number of thiophene rings is 1. The number of ether oxygens (including phenoxy) is 1. The van der Waals surface area contributed by atoms with Gasteiger partial charge in [0, 0.05) is 32.1 Å². The van der Waals surface area contributed by atoms with Crippen LogP contribution in [0.4, 0.5) is 0 Å². The van der Waals surface area contributed by atoms with E-state index in [0.717, 1.165) is 28.8 Å². The van der Waals surface area contributed by atoms with E-state index in [-0.39, 0.29) is 25.0 Å². The van der Waals surface area contributed by atoms with Gasteiger partial charge in [0.1, 0.15) is 4.83 Å². The molecule has 0 aliphatic carbocycles. The topological polar surface area (TPSA) is 84.7 Å². The maximum atomic E-state index is 12.9. The molecule has 8 heteroatoms. The Bertz CT molecular complexity index is 726. The van der Waals surface area contributed by atoms with Crippen LogP contribution in [0.2, 0.25) is 0 Å². The largest absolute Gasteiger partial charge is 0.481 e. The van der Waals surface area contributed by atoms with Gasteiger partial charge in [-0.15, -0.1) is 11.3 Å². The predicted molar refractivity (Wildman–Crippen MR) is 90.5 cm³/mol. The minimum absolute atomic E-state index is 0.000487. The molecule has 0 bridgehead atoms. The number of aromatic nitrogens is 2. The second-order valence-electron chi connectivity index (χ2n) is 6.07. The molecule has 130 valence electrons. The highest BCUT2D eigenvalue weighted by Crippen LogP contribution is 2.29. The summed E-state index contributed by atoms with van der Waals surface area (Å²) in [7, 11) is 1.86. The SMILES string of the molecule is Cc1nn(C)c2sc(C(=O)N(CCC(=O)O)CC3CCCO3)cc12. The number of rotatable bonds is 6. The normalized spacial score (nSPS) is 17.5.